The first-order chi connectivity index (χ1) is 10.2. The molecule has 9 heteroatoms. The fourth-order valence-electron chi connectivity index (χ4n) is 2.85. The molecular formula is C14H23ClF3N3O2. The molecule has 1 aliphatic heterocycles. The molecular weight excluding hydrogens is 335 g/mol. The number of piperidine rings is 1. The van der Waals surface area contributed by atoms with Crippen LogP contribution in [0, 0.1) is 5.92 Å². The molecule has 0 radical (unpaired) electrons. The average Bonchev–Trinajstić information content (AvgIpc) is 3.21. The van der Waals surface area contributed by atoms with Crippen LogP contribution in [0.3, 0.4) is 0 Å². The summed E-state index contributed by atoms with van der Waals surface area (Å²) < 4.78 is 37.5. The lowest BCUT2D eigenvalue weighted by molar-refractivity contribution is -0.165. The molecule has 2 N–H and O–H groups in total. The van der Waals surface area contributed by atoms with Gasteiger partial charge >= 0.3 is 6.18 Å². The van der Waals surface area contributed by atoms with Crippen molar-refractivity contribution in [2.45, 2.75) is 44.3 Å². The Labute approximate surface area is 139 Å². The summed E-state index contributed by atoms with van der Waals surface area (Å²) in [4.78, 5) is 26.9. The number of alkyl halides is 3. The first-order valence-electron chi connectivity index (χ1n) is 7.60. The number of rotatable bonds is 4. The van der Waals surface area contributed by atoms with Crippen LogP contribution in [0.1, 0.15) is 32.6 Å². The van der Waals surface area contributed by atoms with E-state index in [-0.39, 0.29) is 31.4 Å². The fourth-order valence-corrected chi connectivity index (χ4v) is 2.85. The molecule has 0 spiro atoms. The molecule has 0 aromatic carbocycles. The summed E-state index contributed by atoms with van der Waals surface area (Å²) in [6.45, 7) is 0.976. The Morgan fingerprint density at radius 3 is 2.43 bits per heavy atom. The lowest BCUT2D eigenvalue weighted by Crippen LogP contribution is -2.52. The van der Waals surface area contributed by atoms with E-state index >= 15 is 0 Å². The third-order valence-corrected chi connectivity index (χ3v) is 4.34. The van der Waals surface area contributed by atoms with Crippen LogP contribution in [0.25, 0.3) is 0 Å². The van der Waals surface area contributed by atoms with Crippen LogP contribution in [0.15, 0.2) is 0 Å². The van der Waals surface area contributed by atoms with Gasteiger partial charge in [-0.25, -0.2) is 0 Å². The van der Waals surface area contributed by atoms with Gasteiger partial charge < -0.3 is 15.5 Å². The van der Waals surface area contributed by atoms with Crippen molar-refractivity contribution in [1.82, 2.24) is 9.80 Å². The molecule has 134 valence electrons. The summed E-state index contributed by atoms with van der Waals surface area (Å²) in [7, 11) is 0. The van der Waals surface area contributed by atoms with E-state index in [9.17, 15) is 22.8 Å². The molecule has 1 atom stereocenters. The third kappa shape index (κ3) is 4.97. The molecule has 1 saturated heterocycles. The van der Waals surface area contributed by atoms with E-state index in [1.165, 1.54) is 6.92 Å². The van der Waals surface area contributed by atoms with Crippen molar-refractivity contribution in [3.05, 3.63) is 0 Å². The zero-order chi connectivity index (χ0) is 16.5. The van der Waals surface area contributed by atoms with E-state index in [2.05, 4.69) is 0 Å². The summed E-state index contributed by atoms with van der Waals surface area (Å²) in [5.41, 5.74) is 5.07. The topological polar surface area (TPSA) is 66.6 Å². The quantitative estimate of drug-likeness (QED) is 0.830. The molecule has 2 fully saturated rings. The van der Waals surface area contributed by atoms with Gasteiger partial charge in [0, 0.05) is 19.6 Å². The lowest BCUT2D eigenvalue weighted by Gasteiger charge is -2.36. The lowest BCUT2D eigenvalue weighted by atomic mass is 9.95. The van der Waals surface area contributed by atoms with Crippen molar-refractivity contribution in [1.29, 1.82) is 0 Å². The number of hydrogen-bond acceptors (Lipinski definition) is 3. The largest absolute Gasteiger partial charge is 0.406 e. The zero-order valence-corrected chi connectivity index (χ0v) is 13.9. The monoisotopic (exact) mass is 357 g/mol. The normalized spacial score (nSPS) is 23.0. The number of carbonyl (C=O) groups is 2. The molecule has 2 aliphatic rings. The zero-order valence-electron chi connectivity index (χ0n) is 13.1. The maximum Gasteiger partial charge on any atom is 0.406 e. The summed E-state index contributed by atoms with van der Waals surface area (Å²) >= 11 is 0. The van der Waals surface area contributed by atoms with Gasteiger partial charge in [-0.3, -0.25) is 9.59 Å². The molecule has 1 saturated carbocycles. The number of likely N-dealkylation sites (tertiary alicyclic amines) is 1. The summed E-state index contributed by atoms with van der Waals surface area (Å²) in [6.07, 6.45) is -2.02. The second kappa shape index (κ2) is 7.25. The minimum absolute atomic E-state index is 0. The van der Waals surface area contributed by atoms with Crippen molar-refractivity contribution in [2.75, 3.05) is 26.2 Å². The Bertz CT molecular complexity index is 455. The summed E-state index contributed by atoms with van der Waals surface area (Å²) in [5, 5.41) is 0. The van der Waals surface area contributed by atoms with Crippen molar-refractivity contribution in [3.63, 3.8) is 0 Å². The second-order valence-corrected chi connectivity index (χ2v) is 6.21. The van der Waals surface area contributed by atoms with Gasteiger partial charge in [-0.1, -0.05) is 0 Å². The van der Waals surface area contributed by atoms with Crippen molar-refractivity contribution >= 4 is 24.2 Å². The Balaban J connectivity index is 0.00000264. The van der Waals surface area contributed by atoms with E-state index in [0.717, 1.165) is 4.90 Å². The molecule has 0 aromatic heterocycles. The molecule has 1 aliphatic carbocycles. The third-order valence-electron chi connectivity index (χ3n) is 4.34. The maximum absolute atomic E-state index is 12.5. The van der Waals surface area contributed by atoms with Gasteiger partial charge in [0.25, 0.3) is 0 Å². The highest BCUT2D eigenvalue weighted by atomic mass is 35.5. The Morgan fingerprint density at radius 1 is 1.35 bits per heavy atom. The van der Waals surface area contributed by atoms with Gasteiger partial charge in [0.2, 0.25) is 11.8 Å². The van der Waals surface area contributed by atoms with Gasteiger partial charge in [-0.05, 0) is 32.6 Å². The van der Waals surface area contributed by atoms with Gasteiger partial charge in [0.15, 0.2) is 0 Å². The van der Waals surface area contributed by atoms with Gasteiger partial charge in [0.05, 0.1) is 11.5 Å². The number of carbonyl (C=O) groups excluding carboxylic acids is 2. The smallest absolute Gasteiger partial charge is 0.340 e. The van der Waals surface area contributed by atoms with Crippen LogP contribution in [0.5, 0.6) is 0 Å². The Kier molecular flexibility index (Phi) is 6.32. The van der Waals surface area contributed by atoms with Gasteiger partial charge in [0.1, 0.15) is 6.54 Å². The first-order valence-corrected chi connectivity index (χ1v) is 7.60. The summed E-state index contributed by atoms with van der Waals surface area (Å²) in [6, 6.07) is 0. The predicted octanol–water partition coefficient (Wildman–Crippen LogP) is 1.55. The molecule has 0 aromatic rings. The minimum atomic E-state index is -4.41. The van der Waals surface area contributed by atoms with Crippen molar-refractivity contribution < 1.29 is 22.8 Å². The first kappa shape index (κ1) is 20.0. The molecule has 2 amide bonds. The van der Waals surface area contributed by atoms with E-state index in [4.69, 9.17) is 5.73 Å². The van der Waals surface area contributed by atoms with Crippen LogP contribution in [-0.4, -0.2) is 59.5 Å². The highest BCUT2D eigenvalue weighted by Gasteiger charge is 2.49. The highest BCUT2D eigenvalue weighted by Crippen LogP contribution is 2.35. The van der Waals surface area contributed by atoms with Crippen LogP contribution in [0.4, 0.5) is 13.2 Å². The van der Waals surface area contributed by atoms with E-state index in [1.807, 2.05) is 0 Å². The molecule has 0 bridgehead atoms. The Hall–Kier alpha value is -1.02. The molecule has 1 unspecified atom stereocenters. The van der Waals surface area contributed by atoms with Crippen LogP contribution in [0.2, 0.25) is 0 Å². The molecule has 1 heterocycles. The number of amides is 2. The van der Waals surface area contributed by atoms with Crippen molar-refractivity contribution in [3.8, 4) is 0 Å². The Morgan fingerprint density at radius 2 is 1.96 bits per heavy atom. The average molecular weight is 358 g/mol. The predicted molar refractivity (Wildman–Crippen MR) is 81.0 cm³/mol. The minimum Gasteiger partial charge on any atom is -0.340 e. The van der Waals surface area contributed by atoms with Crippen molar-refractivity contribution in [2.24, 2.45) is 11.7 Å². The van der Waals surface area contributed by atoms with E-state index in [1.54, 1.807) is 4.90 Å². The number of nitrogens with two attached hydrogens (primary N) is 1. The van der Waals surface area contributed by atoms with Crippen LogP contribution < -0.4 is 5.73 Å². The SMILES string of the molecule is CCN(CC(F)(F)F)C(=O)C1CCCN(C(=O)C2(N)CC2)C1.Cl. The highest BCUT2D eigenvalue weighted by molar-refractivity contribution is 5.90. The number of nitrogens with zero attached hydrogens (tertiary/aromatic N) is 2. The number of hydrogen-bond donors (Lipinski definition) is 1. The van der Waals surface area contributed by atoms with E-state index in [0.29, 0.717) is 32.2 Å². The molecule has 23 heavy (non-hydrogen) atoms. The molecule has 5 nitrogen and oxygen atoms in total. The fraction of sp³-hybridized carbons (Fsp3) is 0.857. The van der Waals surface area contributed by atoms with E-state index < -0.39 is 30.1 Å². The van der Waals surface area contributed by atoms with Crippen LogP contribution >= 0.6 is 12.4 Å². The van der Waals surface area contributed by atoms with Crippen LogP contribution in [-0.2, 0) is 9.59 Å². The summed E-state index contributed by atoms with van der Waals surface area (Å²) in [5.74, 6) is -1.27. The molecule has 2 rings (SSSR count). The maximum atomic E-state index is 12.5. The number of halogens is 4. The standard InChI is InChI=1S/C14H22F3N3O2.ClH/c1-2-19(9-14(15,16)17)11(21)10-4-3-7-20(8-10)12(22)13(18)5-6-13;/h10H,2-9,18H2,1H3;1H. The van der Waals surface area contributed by atoms with Gasteiger partial charge in [-0.15, -0.1) is 12.4 Å². The van der Waals surface area contributed by atoms with Gasteiger partial charge in [-0.2, -0.15) is 13.2 Å². The second-order valence-electron chi connectivity index (χ2n) is 6.21.